The van der Waals surface area contributed by atoms with Gasteiger partial charge in [-0.05, 0) is 49.5 Å². The van der Waals surface area contributed by atoms with E-state index in [0.717, 1.165) is 0 Å². The van der Waals surface area contributed by atoms with Crippen LogP contribution in [-0.2, 0) is 14.8 Å². The number of aromatic nitrogens is 2. The van der Waals surface area contributed by atoms with Crippen molar-refractivity contribution in [3.8, 4) is 0 Å². The molecule has 3 aromatic rings. The number of hydrogen-bond donors (Lipinski definition) is 4. The maximum atomic E-state index is 12.3. The Bertz CT molecular complexity index is 1220. The zero-order chi connectivity index (χ0) is 23.4. The van der Waals surface area contributed by atoms with Crippen LogP contribution in [0.2, 0.25) is 0 Å². The van der Waals surface area contributed by atoms with Crippen molar-refractivity contribution in [1.82, 2.24) is 14.7 Å². The predicted molar refractivity (Wildman–Crippen MR) is 112 cm³/mol. The first-order valence-electron chi connectivity index (χ1n) is 8.95. The van der Waals surface area contributed by atoms with Gasteiger partial charge >= 0.3 is 12.1 Å². The Labute approximate surface area is 181 Å². The van der Waals surface area contributed by atoms with Crippen molar-refractivity contribution in [1.29, 1.82) is 0 Å². The molecule has 0 spiro atoms. The summed E-state index contributed by atoms with van der Waals surface area (Å²) in [4.78, 5) is 19.2. The summed E-state index contributed by atoms with van der Waals surface area (Å²) in [5, 5.41) is 7.68. The number of carbonyl (C=O) groups excluding carboxylic acids is 1. The Morgan fingerprint density at radius 2 is 1.47 bits per heavy atom. The molecule has 4 N–H and O–H groups in total. The third-order valence-electron chi connectivity index (χ3n) is 4.03. The number of carbonyl (C=O) groups is 1. The van der Waals surface area contributed by atoms with E-state index in [1.54, 1.807) is 23.5 Å². The van der Waals surface area contributed by atoms with Crippen LogP contribution in [0.15, 0.2) is 65.8 Å². The summed E-state index contributed by atoms with van der Waals surface area (Å²) in [6.45, 7) is 0. The standard InChI is InChI=1S/C19H17F3N6O3S/c1-23-32(30,31)15-4-2-3-14(9-15)27-17-10-16(24-11-25-17)26-12-5-7-13(8-6-12)28-18(29)19(20,21)22/h2-11,23H,1H3,(H,28,29)(H2,24,25,26,27). The van der Waals surface area contributed by atoms with Crippen molar-refractivity contribution in [2.75, 3.05) is 23.0 Å². The van der Waals surface area contributed by atoms with Gasteiger partial charge in [-0.3, -0.25) is 4.79 Å². The number of hydrogen-bond acceptors (Lipinski definition) is 7. The number of halogens is 3. The molecule has 0 radical (unpaired) electrons. The van der Waals surface area contributed by atoms with E-state index in [1.807, 2.05) is 0 Å². The van der Waals surface area contributed by atoms with Gasteiger partial charge in [-0.1, -0.05) is 6.07 Å². The normalized spacial score (nSPS) is 11.6. The Hall–Kier alpha value is -3.71. The molecule has 0 fully saturated rings. The molecule has 0 aliphatic carbocycles. The lowest BCUT2D eigenvalue weighted by atomic mass is 10.2. The van der Waals surface area contributed by atoms with Gasteiger partial charge in [0, 0.05) is 23.1 Å². The topological polar surface area (TPSA) is 125 Å². The maximum absolute atomic E-state index is 12.3. The van der Waals surface area contributed by atoms with Crippen LogP contribution in [0.5, 0.6) is 0 Å². The summed E-state index contributed by atoms with van der Waals surface area (Å²) in [7, 11) is -2.29. The monoisotopic (exact) mass is 466 g/mol. The number of anilines is 5. The number of nitrogens with zero attached hydrogens (tertiary/aromatic N) is 2. The highest BCUT2D eigenvalue weighted by molar-refractivity contribution is 7.89. The Kier molecular flexibility index (Phi) is 6.60. The van der Waals surface area contributed by atoms with Crippen molar-refractivity contribution in [2.45, 2.75) is 11.1 Å². The van der Waals surface area contributed by atoms with Crippen molar-refractivity contribution in [2.24, 2.45) is 0 Å². The largest absolute Gasteiger partial charge is 0.471 e. The minimum atomic E-state index is -4.97. The molecule has 1 amide bonds. The molecular weight excluding hydrogens is 449 g/mol. The van der Waals surface area contributed by atoms with E-state index in [-0.39, 0.29) is 10.6 Å². The summed E-state index contributed by atoms with van der Waals surface area (Å²) >= 11 is 0. The van der Waals surface area contributed by atoms with Crippen LogP contribution in [0.4, 0.5) is 41.9 Å². The van der Waals surface area contributed by atoms with Gasteiger partial charge in [0.1, 0.15) is 18.0 Å². The maximum Gasteiger partial charge on any atom is 0.471 e. The third kappa shape index (κ3) is 5.92. The van der Waals surface area contributed by atoms with Crippen LogP contribution >= 0.6 is 0 Å². The van der Waals surface area contributed by atoms with Gasteiger partial charge in [-0.2, -0.15) is 13.2 Å². The molecule has 2 aromatic carbocycles. The van der Waals surface area contributed by atoms with Crippen LogP contribution < -0.4 is 20.7 Å². The fraction of sp³-hybridized carbons (Fsp3) is 0.105. The van der Waals surface area contributed by atoms with Gasteiger partial charge in [-0.25, -0.2) is 23.1 Å². The zero-order valence-corrected chi connectivity index (χ0v) is 17.3. The molecule has 9 nitrogen and oxygen atoms in total. The quantitative estimate of drug-likeness (QED) is 0.421. The van der Waals surface area contributed by atoms with Gasteiger partial charge in [0.05, 0.1) is 4.90 Å². The van der Waals surface area contributed by atoms with E-state index in [4.69, 9.17) is 0 Å². The van der Waals surface area contributed by atoms with E-state index < -0.39 is 22.1 Å². The van der Waals surface area contributed by atoms with E-state index in [2.05, 4.69) is 25.3 Å². The van der Waals surface area contributed by atoms with Gasteiger partial charge in [0.25, 0.3) is 0 Å². The van der Waals surface area contributed by atoms with Gasteiger partial charge in [-0.15, -0.1) is 0 Å². The Balaban J connectivity index is 1.69. The first-order chi connectivity index (χ1) is 15.1. The molecule has 13 heteroatoms. The molecule has 168 valence electrons. The smallest absolute Gasteiger partial charge is 0.340 e. The average Bonchev–Trinajstić information content (AvgIpc) is 2.75. The number of benzene rings is 2. The lowest BCUT2D eigenvalue weighted by molar-refractivity contribution is -0.167. The minimum absolute atomic E-state index is 0.0145. The van der Waals surface area contributed by atoms with Crippen molar-refractivity contribution in [3.05, 3.63) is 60.9 Å². The minimum Gasteiger partial charge on any atom is -0.340 e. The van der Waals surface area contributed by atoms with Gasteiger partial charge in [0.15, 0.2) is 0 Å². The van der Waals surface area contributed by atoms with Crippen LogP contribution in [0.3, 0.4) is 0 Å². The van der Waals surface area contributed by atoms with E-state index in [9.17, 15) is 26.4 Å². The van der Waals surface area contributed by atoms with Crippen LogP contribution in [0.25, 0.3) is 0 Å². The van der Waals surface area contributed by atoms with Crippen molar-refractivity contribution >= 4 is 44.6 Å². The summed E-state index contributed by atoms with van der Waals surface area (Å²) in [6, 6.07) is 13.2. The molecule has 3 rings (SSSR count). The predicted octanol–water partition coefficient (Wildman–Crippen LogP) is 3.37. The van der Waals surface area contributed by atoms with Crippen molar-refractivity contribution < 1.29 is 26.4 Å². The fourth-order valence-corrected chi connectivity index (χ4v) is 3.26. The molecule has 1 heterocycles. The first-order valence-corrected chi connectivity index (χ1v) is 10.4. The molecular formula is C19H17F3N6O3S. The number of alkyl halides is 3. The number of amides is 1. The van der Waals surface area contributed by atoms with E-state index in [1.165, 1.54) is 49.8 Å². The first kappa shape index (κ1) is 23.0. The highest BCUT2D eigenvalue weighted by Gasteiger charge is 2.38. The molecule has 0 saturated carbocycles. The second kappa shape index (κ2) is 9.20. The van der Waals surface area contributed by atoms with Crippen LogP contribution in [0, 0.1) is 0 Å². The summed E-state index contributed by atoms with van der Waals surface area (Å²) < 4.78 is 63.1. The fourth-order valence-electron chi connectivity index (χ4n) is 2.49. The van der Waals surface area contributed by atoms with Crippen molar-refractivity contribution in [3.63, 3.8) is 0 Å². The highest BCUT2D eigenvalue weighted by atomic mass is 32.2. The lowest BCUT2D eigenvalue weighted by Crippen LogP contribution is -2.29. The van der Waals surface area contributed by atoms with Crippen LogP contribution in [-0.4, -0.2) is 37.5 Å². The summed E-state index contributed by atoms with van der Waals surface area (Å²) in [5.41, 5.74) is 0.969. The van der Waals surface area contributed by atoms with Crippen LogP contribution in [0.1, 0.15) is 0 Å². The number of nitrogens with one attached hydrogen (secondary N) is 4. The molecule has 32 heavy (non-hydrogen) atoms. The molecule has 0 bridgehead atoms. The molecule has 1 aromatic heterocycles. The molecule has 0 aliphatic rings. The molecule has 0 atom stereocenters. The summed E-state index contributed by atoms with van der Waals surface area (Å²) in [6.07, 6.45) is -3.70. The zero-order valence-electron chi connectivity index (χ0n) is 16.4. The SMILES string of the molecule is CNS(=O)(=O)c1cccc(Nc2cc(Nc3ccc(NC(=O)C(F)(F)F)cc3)ncn2)c1. The second-order valence-corrected chi connectivity index (χ2v) is 8.19. The van der Waals surface area contributed by atoms with E-state index in [0.29, 0.717) is 23.0 Å². The third-order valence-corrected chi connectivity index (χ3v) is 5.44. The molecule has 0 unspecified atom stereocenters. The Morgan fingerprint density at radius 3 is 2.06 bits per heavy atom. The second-order valence-electron chi connectivity index (χ2n) is 6.30. The number of sulfonamides is 1. The highest BCUT2D eigenvalue weighted by Crippen LogP contribution is 2.23. The molecule has 0 saturated heterocycles. The lowest BCUT2D eigenvalue weighted by Gasteiger charge is -2.11. The Morgan fingerprint density at radius 1 is 0.875 bits per heavy atom. The molecule has 0 aliphatic heterocycles. The number of rotatable bonds is 7. The summed E-state index contributed by atoms with van der Waals surface area (Å²) in [5.74, 6) is -1.32. The van der Waals surface area contributed by atoms with E-state index >= 15 is 0 Å². The average molecular weight is 466 g/mol. The van der Waals surface area contributed by atoms with Gasteiger partial charge in [0.2, 0.25) is 10.0 Å². The van der Waals surface area contributed by atoms with Gasteiger partial charge < -0.3 is 16.0 Å².